The van der Waals surface area contributed by atoms with E-state index in [1.165, 1.54) is 51.9 Å². The number of hydrogen-bond acceptors (Lipinski definition) is 2. The quantitative estimate of drug-likeness (QED) is 0.741. The van der Waals surface area contributed by atoms with Crippen molar-refractivity contribution in [2.75, 3.05) is 26.2 Å². The summed E-state index contributed by atoms with van der Waals surface area (Å²) < 4.78 is 0. The SMILES string of the molecule is CC(C)C(C(C(C)C)N1CCCC1)N1CCCC1. The number of nitrogens with zero attached hydrogens (tertiary/aromatic N) is 2. The van der Waals surface area contributed by atoms with Crippen molar-refractivity contribution in [1.82, 2.24) is 9.80 Å². The van der Waals surface area contributed by atoms with Crippen molar-refractivity contribution in [3.05, 3.63) is 0 Å². The van der Waals surface area contributed by atoms with E-state index in [4.69, 9.17) is 0 Å². The first-order valence-electron chi connectivity index (χ1n) is 8.09. The fourth-order valence-corrected chi connectivity index (χ4v) is 4.14. The maximum atomic E-state index is 2.79. The molecule has 0 spiro atoms. The molecule has 0 N–H and O–H groups in total. The molecule has 0 bridgehead atoms. The van der Waals surface area contributed by atoms with Crippen LogP contribution in [0.4, 0.5) is 0 Å². The minimum atomic E-state index is 0.769. The second-order valence-electron chi connectivity index (χ2n) is 6.96. The Balaban J connectivity index is 2.13. The van der Waals surface area contributed by atoms with Crippen LogP contribution in [0.15, 0.2) is 0 Å². The normalized spacial score (nSPS) is 26.3. The molecule has 2 fully saturated rings. The van der Waals surface area contributed by atoms with Gasteiger partial charge in [0.25, 0.3) is 0 Å². The van der Waals surface area contributed by atoms with Crippen molar-refractivity contribution in [2.24, 2.45) is 11.8 Å². The van der Waals surface area contributed by atoms with Gasteiger partial charge in [0.15, 0.2) is 0 Å². The third-order valence-corrected chi connectivity index (χ3v) is 4.84. The van der Waals surface area contributed by atoms with Gasteiger partial charge in [-0.05, 0) is 63.7 Å². The first-order chi connectivity index (χ1) is 8.61. The Hall–Kier alpha value is -0.0800. The zero-order valence-electron chi connectivity index (χ0n) is 12.9. The molecule has 106 valence electrons. The zero-order valence-corrected chi connectivity index (χ0v) is 12.9. The van der Waals surface area contributed by atoms with Gasteiger partial charge in [0.05, 0.1) is 0 Å². The van der Waals surface area contributed by atoms with Crippen molar-refractivity contribution in [3.63, 3.8) is 0 Å². The molecule has 2 heteroatoms. The standard InChI is InChI=1S/C16H32N2/c1-13(2)15(17-9-5-6-10-17)16(14(3)4)18-11-7-8-12-18/h13-16H,5-12H2,1-4H3. The summed E-state index contributed by atoms with van der Waals surface area (Å²) in [7, 11) is 0. The molecule has 0 amide bonds. The molecule has 0 aliphatic carbocycles. The molecule has 0 aromatic carbocycles. The Labute approximate surface area is 114 Å². The van der Waals surface area contributed by atoms with Gasteiger partial charge in [-0.25, -0.2) is 0 Å². The van der Waals surface area contributed by atoms with Gasteiger partial charge < -0.3 is 0 Å². The highest BCUT2D eigenvalue weighted by Crippen LogP contribution is 2.29. The molecule has 2 atom stereocenters. The Bertz CT molecular complexity index is 211. The van der Waals surface area contributed by atoms with E-state index in [1.807, 2.05) is 0 Å². The van der Waals surface area contributed by atoms with Crippen LogP contribution in [0.25, 0.3) is 0 Å². The van der Waals surface area contributed by atoms with E-state index in [2.05, 4.69) is 37.5 Å². The van der Waals surface area contributed by atoms with Crippen molar-refractivity contribution in [3.8, 4) is 0 Å². The van der Waals surface area contributed by atoms with E-state index in [1.54, 1.807) is 0 Å². The summed E-state index contributed by atoms with van der Waals surface area (Å²) in [6.45, 7) is 15.0. The van der Waals surface area contributed by atoms with Crippen molar-refractivity contribution in [1.29, 1.82) is 0 Å². The topological polar surface area (TPSA) is 6.48 Å². The monoisotopic (exact) mass is 252 g/mol. The Morgan fingerprint density at radius 1 is 0.556 bits per heavy atom. The molecule has 2 rings (SSSR count). The van der Waals surface area contributed by atoms with E-state index >= 15 is 0 Å². The van der Waals surface area contributed by atoms with Crippen LogP contribution in [0.5, 0.6) is 0 Å². The maximum Gasteiger partial charge on any atom is 0.0277 e. The second-order valence-corrected chi connectivity index (χ2v) is 6.96. The summed E-state index contributed by atoms with van der Waals surface area (Å²) in [6, 6.07) is 1.54. The third kappa shape index (κ3) is 3.08. The van der Waals surface area contributed by atoms with E-state index < -0.39 is 0 Å². The predicted molar refractivity (Wildman–Crippen MR) is 78.9 cm³/mol. The van der Waals surface area contributed by atoms with Crippen LogP contribution >= 0.6 is 0 Å². The summed E-state index contributed by atoms with van der Waals surface area (Å²) in [4.78, 5) is 5.57. The van der Waals surface area contributed by atoms with Crippen LogP contribution in [0.2, 0.25) is 0 Å². The highest BCUT2D eigenvalue weighted by Gasteiger charge is 2.37. The molecular weight excluding hydrogens is 220 g/mol. The lowest BCUT2D eigenvalue weighted by molar-refractivity contribution is 0.0519. The lowest BCUT2D eigenvalue weighted by Crippen LogP contribution is -2.55. The molecule has 0 saturated carbocycles. The highest BCUT2D eigenvalue weighted by molar-refractivity contribution is 4.93. The van der Waals surface area contributed by atoms with E-state index in [0.717, 1.165) is 23.9 Å². The first kappa shape index (κ1) is 14.3. The van der Waals surface area contributed by atoms with Gasteiger partial charge in [-0.15, -0.1) is 0 Å². The highest BCUT2D eigenvalue weighted by atomic mass is 15.3. The van der Waals surface area contributed by atoms with Crippen LogP contribution < -0.4 is 0 Å². The molecular formula is C16H32N2. The Morgan fingerprint density at radius 2 is 0.833 bits per heavy atom. The van der Waals surface area contributed by atoms with Crippen LogP contribution in [-0.2, 0) is 0 Å². The van der Waals surface area contributed by atoms with E-state index in [0.29, 0.717) is 0 Å². The minimum Gasteiger partial charge on any atom is -0.299 e. The zero-order chi connectivity index (χ0) is 13.1. The van der Waals surface area contributed by atoms with E-state index in [-0.39, 0.29) is 0 Å². The summed E-state index contributed by atoms with van der Waals surface area (Å²) in [5.74, 6) is 1.55. The molecule has 2 heterocycles. The molecule has 2 aliphatic heterocycles. The molecule has 2 unspecified atom stereocenters. The number of likely N-dealkylation sites (tertiary alicyclic amines) is 2. The predicted octanol–water partition coefficient (Wildman–Crippen LogP) is 3.23. The first-order valence-corrected chi connectivity index (χ1v) is 8.09. The molecule has 18 heavy (non-hydrogen) atoms. The largest absolute Gasteiger partial charge is 0.299 e. The lowest BCUT2D eigenvalue weighted by Gasteiger charge is -2.44. The lowest BCUT2D eigenvalue weighted by atomic mass is 9.86. The Morgan fingerprint density at radius 3 is 1.06 bits per heavy atom. The molecule has 0 aromatic rings. The van der Waals surface area contributed by atoms with Gasteiger partial charge >= 0.3 is 0 Å². The number of rotatable bonds is 5. The van der Waals surface area contributed by atoms with Gasteiger partial charge in [0.1, 0.15) is 0 Å². The van der Waals surface area contributed by atoms with Gasteiger partial charge in [0, 0.05) is 12.1 Å². The minimum absolute atomic E-state index is 0.769. The fraction of sp³-hybridized carbons (Fsp3) is 1.00. The van der Waals surface area contributed by atoms with Crippen molar-refractivity contribution in [2.45, 2.75) is 65.5 Å². The van der Waals surface area contributed by atoms with Gasteiger partial charge in [-0.2, -0.15) is 0 Å². The van der Waals surface area contributed by atoms with Crippen molar-refractivity contribution >= 4 is 0 Å². The van der Waals surface area contributed by atoms with Gasteiger partial charge in [-0.1, -0.05) is 27.7 Å². The van der Waals surface area contributed by atoms with Crippen LogP contribution in [-0.4, -0.2) is 48.1 Å². The number of hydrogen-bond donors (Lipinski definition) is 0. The second kappa shape index (κ2) is 6.38. The maximum absolute atomic E-state index is 2.79. The summed E-state index contributed by atoms with van der Waals surface area (Å²) in [6.07, 6.45) is 5.64. The summed E-state index contributed by atoms with van der Waals surface area (Å²) in [5, 5.41) is 0. The van der Waals surface area contributed by atoms with Gasteiger partial charge in [-0.3, -0.25) is 9.80 Å². The average Bonchev–Trinajstić information content (AvgIpc) is 2.97. The smallest absolute Gasteiger partial charge is 0.0277 e. The summed E-state index contributed by atoms with van der Waals surface area (Å²) in [5.41, 5.74) is 0. The fourth-order valence-electron chi connectivity index (χ4n) is 4.14. The van der Waals surface area contributed by atoms with Crippen molar-refractivity contribution < 1.29 is 0 Å². The third-order valence-electron chi connectivity index (χ3n) is 4.84. The molecule has 2 saturated heterocycles. The summed E-state index contributed by atoms with van der Waals surface area (Å²) >= 11 is 0. The van der Waals surface area contributed by atoms with Crippen LogP contribution in [0, 0.1) is 11.8 Å². The average molecular weight is 252 g/mol. The van der Waals surface area contributed by atoms with Gasteiger partial charge in [0.2, 0.25) is 0 Å². The molecule has 0 radical (unpaired) electrons. The van der Waals surface area contributed by atoms with Crippen LogP contribution in [0.1, 0.15) is 53.4 Å². The molecule has 0 aromatic heterocycles. The Kier molecular flexibility index (Phi) is 5.08. The molecule has 2 aliphatic rings. The van der Waals surface area contributed by atoms with Crippen LogP contribution in [0.3, 0.4) is 0 Å². The van der Waals surface area contributed by atoms with E-state index in [9.17, 15) is 0 Å². The molecule has 2 nitrogen and oxygen atoms in total.